The molecule has 0 aromatic heterocycles. The zero-order valence-electron chi connectivity index (χ0n) is 11.8. The van der Waals surface area contributed by atoms with Crippen LogP contribution in [0.2, 0.25) is 0 Å². The van der Waals surface area contributed by atoms with Crippen LogP contribution in [0.4, 0.5) is 17.1 Å². The van der Waals surface area contributed by atoms with Crippen LogP contribution >= 0.6 is 0 Å². The predicted octanol–water partition coefficient (Wildman–Crippen LogP) is 2.33. The number of nitro benzene ring substituents is 2. The minimum atomic E-state index is -4.18. The molecule has 23 heavy (non-hydrogen) atoms. The van der Waals surface area contributed by atoms with Gasteiger partial charge in [-0.2, -0.15) is 0 Å². The van der Waals surface area contributed by atoms with Crippen molar-refractivity contribution in [2.75, 3.05) is 11.4 Å². The van der Waals surface area contributed by atoms with Gasteiger partial charge in [0, 0.05) is 19.2 Å². The molecule has 2 rings (SSSR count). The molecule has 9 nitrogen and oxygen atoms in total. The van der Waals surface area contributed by atoms with Gasteiger partial charge in [-0.15, -0.1) is 0 Å². The molecule has 0 spiro atoms. The predicted molar refractivity (Wildman–Crippen MR) is 81.8 cm³/mol. The second-order valence-electron chi connectivity index (χ2n) is 4.51. The summed E-state index contributed by atoms with van der Waals surface area (Å²) in [7, 11) is -2.92. The Labute approximate surface area is 131 Å². The fourth-order valence-corrected chi connectivity index (χ4v) is 3.12. The van der Waals surface area contributed by atoms with E-state index >= 15 is 0 Å². The first-order valence-electron chi connectivity index (χ1n) is 6.21. The molecule has 0 aliphatic rings. The summed E-state index contributed by atoms with van der Waals surface area (Å²) < 4.78 is 26.0. The lowest BCUT2D eigenvalue weighted by Gasteiger charge is -2.19. The number of para-hydroxylation sites is 1. The Morgan fingerprint density at radius 3 is 1.83 bits per heavy atom. The minimum absolute atomic E-state index is 0.321. The average molecular weight is 337 g/mol. The van der Waals surface area contributed by atoms with Crippen molar-refractivity contribution in [2.45, 2.75) is 4.90 Å². The van der Waals surface area contributed by atoms with E-state index in [0.29, 0.717) is 11.8 Å². The standard InChI is InChI=1S/C13H11N3O6S/c1-14(10-5-3-2-4-6-10)23(21,22)13-8-11(15(17)18)7-12(9-13)16(19)20/h2-9H,1H3. The van der Waals surface area contributed by atoms with Crippen molar-refractivity contribution in [2.24, 2.45) is 0 Å². The Morgan fingerprint density at radius 2 is 1.39 bits per heavy atom. The van der Waals surface area contributed by atoms with Crippen LogP contribution in [0.1, 0.15) is 0 Å². The van der Waals surface area contributed by atoms with E-state index in [4.69, 9.17) is 0 Å². The number of sulfonamides is 1. The second kappa shape index (κ2) is 6.01. The number of rotatable bonds is 5. The highest BCUT2D eigenvalue weighted by Gasteiger charge is 2.27. The minimum Gasteiger partial charge on any atom is -0.269 e. The molecule has 0 heterocycles. The highest BCUT2D eigenvalue weighted by molar-refractivity contribution is 7.92. The van der Waals surface area contributed by atoms with Gasteiger partial charge in [-0.25, -0.2) is 8.42 Å². The van der Waals surface area contributed by atoms with Gasteiger partial charge in [0.1, 0.15) is 4.90 Å². The maximum Gasteiger partial charge on any atom is 0.277 e. The molecular weight excluding hydrogens is 326 g/mol. The molecule has 0 atom stereocenters. The zero-order valence-corrected chi connectivity index (χ0v) is 12.6. The van der Waals surface area contributed by atoms with Gasteiger partial charge in [-0.05, 0) is 12.1 Å². The molecule has 0 radical (unpaired) electrons. The fraction of sp³-hybridized carbons (Fsp3) is 0.0769. The molecule has 0 aliphatic heterocycles. The number of nitrogens with zero attached hydrogens (tertiary/aromatic N) is 3. The number of nitro groups is 2. The van der Waals surface area contributed by atoms with E-state index < -0.39 is 36.1 Å². The van der Waals surface area contributed by atoms with Gasteiger partial charge in [0.25, 0.3) is 21.4 Å². The van der Waals surface area contributed by atoms with Crippen molar-refractivity contribution in [3.05, 3.63) is 68.8 Å². The third-order valence-electron chi connectivity index (χ3n) is 3.08. The molecule has 0 saturated heterocycles. The van der Waals surface area contributed by atoms with Gasteiger partial charge < -0.3 is 0 Å². The molecular formula is C13H11N3O6S. The quantitative estimate of drug-likeness (QED) is 0.609. The Hall–Kier alpha value is -3.01. The van der Waals surface area contributed by atoms with E-state index in [-0.39, 0.29) is 0 Å². The first-order chi connectivity index (χ1) is 10.7. The van der Waals surface area contributed by atoms with Crippen LogP contribution in [0.25, 0.3) is 0 Å². The molecule has 2 aromatic rings. The highest BCUT2D eigenvalue weighted by Crippen LogP contribution is 2.29. The van der Waals surface area contributed by atoms with Gasteiger partial charge in [0.2, 0.25) is 0 Å². The van der Waals surface area contributed by atoms with Crippen LogP contribution in [0.5, 0.6) is 0 Å². The summed E-state index contributed by atoms with van der Waals surface area (Å²) in [4.78, 5) is 19.5. The second-order valence-corrected chi connectivity index (χ2v) is 6.48. The summed E-state index contributed by atoms with van der Waals surface area (Å²) in [6, 6.07) is 10.3. The smallest absolute Gasteiger partial charge is 0.269 e. The Bertz CT molecular complexity index is 834. The Balaban J connectivity index is 2.59. The lowest BCUT2D eigenvalue weighted by molar-refractivity contribution is -0.394. The average Bonchev–Trinajstić information content (AvgIpc) is 2.54. The summed E-state index contributed by atoms with van der Waals surface area (Å²) in [5.41, 5.74) is -1.01. The SMILES string of the molecule is CN(c1ccccc1)S(=O)(=O)c1cc([N+](=O)[O-])cc([N+](=O)[O-])c1. The number of hydrogen-bond donors (Lipinski definition) is 0. The van der Waals surface area contributed by atoms with E-state index in [1.807, 2.05) is 0 Å². The lowest BCUT2D eigenvalue weighted by Crippen LogP contribution is -2.26. The van der Waals surface area contributed by atoms with Crippen molar-refractivity contribution in [1.82, 2.24) is 0 Å². The maximum atomic E-state index is 12.6. The van der Waals surface area contributed by atoms with Crippen molar-refractivity contribution < 1.29 is 18.3 Å². The topological polar surface area (TPSA) is 124 Å². The fourth-order valence-electron chi connectivity index (χ4n) is 1.86. The summed E-state index contributed by atoms with van der Waals surface area (Å²) in [6.45, 7) is 0. The third kappa shape index (κ3) is 3.26. The van der Waals surface area contributed by atoms with Crippen molar-refractivity contribution in [3.8, 4) is 0 Å². The summed E-state index contributed by atoms with van der Waals surface area (Å²) in [5, 5.41) is 21.7. The van der Waals surface area contributed by atoms with Gasteiger partial charge >= 0.3 is 0 Å². The largest absolute Gasteiger partial charge is 0.277 e. The monoisotopic (exact) mass is 337 g/mol. The zero-order chi connectivity index (χ0) is 17.2. The normalized spacial score (nSPS) is 11.0. The van der Waals surface area contributed by atoms with Gasteiger partial charge in [0.05, 0.1) is 21.6 Å². The first-order valence-corrected chi connectivity index (χ1v) is 7.65. The van der Waals surface area contributed by atoms with Crippen molar-refractivity contribution >= 4 is 27.1 Å². The number of non-ortho nitro benzene ring substituents is 2. The van der Waals surface area contributed by atoms with Crippen LogP contribution in [0.15, 0.2) is 53.4 Å². The van der Waals surface area contributed by atoms with Gasteiger partial charge in [-0.3, -0.25) is 24.5 Å². The summed E-state index contributed by atoms with van der Waals surface area (Å²) >= 11 is 0. The molecule has 0 aliphatic carbocycles. The Morgan fingerprint density at radius 1 is 0.913 bits per heavy atom. The summed E-state index contributed by atoms with van der Waals surface area (Å²) in [6.07, 6.45) is 0. The molecule has 0 fully saturated rings. The van der Waals surface area contributed by atoms with Crippen molar-refractivity contribution in [3.63, 3.8) is 0 Å². The van der Waals surface area contributed by atoms with Crippen LogP contribution in [0, 0.1) is 20.2 Å². The molecule has 0 saturated carbocycles. The highest BCUT2D eigenvalue weighted by atomic mass is 32.2. The van der Waals surface area contributed by atoms with Crippen LogP contribution in [0.3, 0.4) is 0 Å². The van der Waals surface area contributed by atoms with E-state index in [1.165, 1.54) is 19.2 Å². The first kappa shape index (κ1) is 16.4. The Kier molecular flexibility index (Phi) is 4.27. The summed E-state index contributed by atoms with van der Waals surface area (Å²) in [5.74, 6) is 0. The molecule has 2 aromatic carbocycles. The molecule has 120 valence electrons. The van der Waals surface area contributed by atoms with E-state index in [9.17, 15) is 28.6 Å². The third-order valence-corrected chi connectivity index (χ3v) is 4.84. The maximum absolute atomic E-state index is 12.6. The van der Waals surface area contributed by atoms with Crippen molar-refractivity contribution in [1.29, 1.82) is 0 Å². The number of benzene rings is 2. The van der Waals surface area contributed by atoms with Gasteiger partial charge in [0.15, 0.2) is 0 Å². The van der Waals surface area contributed by atoms with E-state index in [1.54, 1.807) is 18.2 Å². The van der Waals surface area contributed by atoms with E-state index in [2.05, 4.69) is 0 Å². The van der Waals surface area contributed by atoms with Crippen LogP contribution in [-0.4, -0.2) is 25.3 Å². The van der Waals surface area contributed by atoms with Gasteiger partial charge in [-0.1, -0.05) is 18.2 Å². The van der Waals surface area contributed by atoms with Crippen LogP contribution < -0.4 is 4.31 Å². The number of anilines is 1. The molecule has 0 unspecified atom stereocenters. The molecule has 10 heteroatoms. The van der Waals surface area contributed by atoms with Crippen LogP contribution in [-0.2, 0) is 10.0 Å². The van der Waals surface area contributed by atoms with E-state index in [0.717, 1.165) is 16.4 Å². The molecule has 0 bridgehead atoms. The number of hydrogen-bond acceptors (Lipinski definition) is 6. The lowest BCUT2D eigenvalue weighted by atomic mass is 10.3. The molecule has 0 N–H and O–H groups in total. The molecule has 0 amide bonds.